The van der Waals surface area contributed by atoms with Gasteiger partial charge in [0.1, 0.15) is 0 Å². The summed E-state index contributed by atoms with van der Waals surface area (Å²) in [6, 6.07) is 15.4. The van der Waals surface area contributed by atoms with Gasteiger partial charge in [-0.15, -0.1) is 0 Å². The second-order valence-corrected chi connectivity index (χ2v) is 6.75. The van der Waals surface area contributed by atoms with Crippen molar-refractivity contribution >= 4 is 38.6 Å². The predicted octanol–water partition coefficient (Wildman–Crippen LogP) is 3.78. The highest BCUT2D eigenvalue weighted by Crippen LogP contribution is 2.25. The first kappa shape index (κ1) is 21.2. The molecule has 3 rings (SSSR count). The number of nitrogen functional groups attached to an aromatic ring is 1. The van der Waals surface area contributed by atoms with Crippen molar-refractivity contribution in [2.75, 3.05) is 12.8 Å². The Morgan fingerprint density at radius 2 is 1.79 bits per heavy atom. The fourth-order valence-corrected chi connectivity index (χ4v) is 2.94. The van der Waals surface area contributed by atoms with Crippen LogP contribution >= 0.6 is 11.3 Å². The average Bonchev–Trinajstić information content (AvgIpc) is 3.00. The van der Waals surface area contributed by atoms with E-state index in [1.807, 2.05) is 42.5 Å². The Labute approximate surface area is 162 Å². The van der Waals surface area contributed by atoms with Gasteiger partial charge in [0.2, 0.25) is 0 Å². The molecule has 1 aromatic heterocycles. The van der Waals surface area contributed by atoms with E-state index in [-0.39, 0.29) is 5.91 Å². The monoisotopic (exact) mass is 411 g/mol. The van der Waals surface area contributed by atoms with Crippen LogP contribution in [0, 0.1) is 0 Å². The van der Waals surface area contributed by atoms with Crippen molar-refractivity contribution in [3.8, 4) is 0 Å². The molecule has 3 N–H and O–H groups in total. The van der Waals surface area contributed by atoms with E-state index in [1.54, 1.807) is 18.0 Å². The summed E-state index contributed by atoms with van der Waals surface area (Å²) in [5.74, 6) is -2.78. The zero-order chi connectivity index (χ0) is 20.9. The van der Waals surface area contributed by atoms with E-state index in [0.717, 1.165) is 15.8 Å². The molecule has 1 amide bonds. The highest BCUT2D eigenvalue weighted by Gasteiger charge is 2.38. The van der Waals surface area contributed by atoms with Crippen molar-refractivity contribution in [1.29, 1.82) is 0 Å². The first-order chi connectivity index (χ1) is 13.1. The van der Waals surface area contributed by atoms with E-state index in [1.165, 1.54) is 11.3 Å². The van der Waals surface area contributed by atoms with Gasteiger partial charge in [-0.3, -0.25) is 4.79 Å². The Morgan fingerprint density at radius 1 is 1.18 bits per heavy atom. The fraction of sp³-hybridized carbons (Fsp3) is 0.167. The van der Waals surface area contributed by atoms with Gasteiger partial charge in [0.25, 0.3) is 5.91 Å². The molecule has 0 aliphatic carbocycles. The molecule has 6 nitrogen and oxygen atoms in total. The minimum absolute atomic E-state index is 0.0210. The molecule has 0 saturated heterocycles. The number of aromatic nitrogens is 1. The zero-order valence-corrected chi connectivity index (χ0v) is 15.4. The SMILES string of the molecule is CN(Cc1ccccc1)C(=O)c1ccc2sc(N)nc2c1.O=C(O)C(F)(F)F. The third kappa shape index (κ3) is 5.68. The number of hydrogen-bond donors (Lipinski definition) is 2. The number of carboxylic acids is 1. The third-order valence-corrected chi connectivity index (χ3v) is 4.37. The molecule has 0 radical (unpaired) electrons. The van der Waals surface area contributed by atoms with Crippen molar-refractivity contribution in [2.24, 2.45) is 0 Å². The summed E-state index contributed by atoms with van der Waals surface area (Å²) in [7, 11) is 1.80. The van der Waals surface area contributed by atoms with Gasteiger partial charge in [-0.25, -0.2) is 9.78 Å². The van der Waals surface area contributed by atoms with Crippen LogP contribution < -0.4 is 5.73 Å². The number of aliphatic carboxylic acids is 1. The van der Waals surface area contributed by atoms with Crippen LogP contribution in [-0.4, -0.2) is 40.1 Å². The Kier molecular flexibility index (Phi) is 6.57. The molecule has 10 heteroatoms. The molecule has 0 bridgehead atoms. The van der Waals surface area contributed by atoms with Crippen molar-refractivity contribution in [2.45, 2.75) is 12.7 Å². The Balaban J connectivity index is 0.000000345. The van der Waals surface area contributed by atoms with Crippen LogP contribution in [0.15, 0.2) is 48.5 Å². The topological polar surface area (TPSA) is 96.5 Å². The Bertz CT molecular complexity index is 974. The molecule has 0 aliphatic heterocycles. The molecule has 1 heterocycles. The molecule has 0 saturated carbocycles. The summed E-state index contributed by atoms with van der Waals surface area (Å²) >= 11 is 1.43. The van der Waals surface area contributed by atoms with Crippen molar-refractivity contribution < 1.29 is 27.9 Å². The maximum absolute atomic E-state index is 12.5. The number of alkyl halides is 3. The van der Waals surface area contributed by atoms with Gasteiger partial charge in [0.15, 0.2) is 5.13 Å². The number of nitrogens with zero attached hydrogens (tertiary/aromatic N) is 2. The van der Waals surface area contributed by atoms with E-state index in [4.69, 9.17) is 15.6 Å². The van der Waals surface area contributed by atoms with E-state index in [2.05, 4.69) is 4.98 Å². The van der Waals surface area contributed by atoms with Gasteiger partial charge in [-0.1, -0.05) is 41.7 Å². The van der Waals surface area contributed by atoms with Crippen LogP contribution in [0.25, 0.3) is 10.2 Å². The average molecular weight is 411 g/mol. The lowest BCUT2D eigenvalue weighted by atomic mass is 10.1. The highest BCUT2D eigenvalue weighted by molar-refractivity contribution is 7.22. The van der Waals surface area contributed by atoms with Gasteiger partial charge < -0.3 is 15.7 Å². The van der Waals surface area contributed by atoms with Crippen LogP contribution in [0.2, 0.25) is 0 Å². The molecule has 0 atom stereocenters. The fourth-order valence-electron chi connectivity index (χ4n) is 2.23. The van der Waals surface area contributed by atoms with Gasteiger partial charge >= 0.3 is 12.1 Å². The van der Waals surface area contributed by atoms with E-state index < -0.39 is 12.1 Å². The van der Waals surface area contributed by atoms with Crippen LogP contribution in [0.4, 0.5) is 18.3 Å². The number of nitrogens with two attached hydrogens (primary N) is 1. The number of anilines is 1. The van der Waals surface area contributed by atoms with E-state index >= 15 is 0 Å². The van der Waals surface area contributed by atoms with Gasteiger partial charge in [-0.05, 0) is 23.8 Å². The first-order valence-corrected chi connectivity index (χ1v) is 8.65. The second-order valence-electron chi connectivity index (χ2n) is 5.68. The summed E-state index contributed by atoms with van der Waals surface area (Å²) in [5.41, 5.74) is 8.20. The number of carbonyl (C=O) groups is 2. The summed E-state index contributed by atoms with van der Waals surface area (Å²) in [4.78, 5) is 27.3. The molecule has 0 fully saturated rings. The van der Waals surface area contributed by atoms with Gasteiger partial charge in [-0.2, -0.15) is 13.2 Å². The Hall–Kier alpha value is -3.14. The maximum Gasteiger partial charge on any atom is 0.490 e. The number of carbonyl (C=O) groups excluding carboxylic acids is 1. The smallest absolute Gasteiger partial charge is 0.475 e. The number of amides is 1. The van der Waals surface area contributed by atoms with Crippen molar-refractivity contribution in [1.82, 2.24) is 9.88 Å². The molecule has 3 aromatic rings. The summed E-state index contributed by atoms with van der Waals surface area (Å²) in [6.07, 6.45) is -5.08. The highest BCUT2D eigenvalue weighted by atomic mass is 32.1. The standard InChI is InChI=1S/C16H15N3OS.C2HF3O2/c1-19(10-11-5-3-2-4-6-11)15(20)12-7-8-14-13(9-12)18-16(17)21-14;3-2(4,5)1(6)7/h2-9H,10H2,1H3,(H2,17,18);(H,6,7). The number of hydrogen-bond acceptors (Lipinski definition) is 5. The number of rotatable bonds is 3. The van der Waals surface area contributed by atoms with Crippen LogP contribution in [0.3, 0.4) is 0 Å². The number of thiazole rings is 1. The van der Waals surface area contributed by atoms with Gasteiger partial charge in [0.05, 0.1) is 10.2 Å². The summed E-state index contributed by atoms with van der Waals surface area (Å²) in [6.45, 7) is 0.580. The molecule has 0 aliphatic rings. The molecule has 28 heavy (non-hydrogen) atoms. The number of fused-ring (bicyclic) bond motifs is 1. The van der Waals surface area contributed by atoms with Crippen molar-refractivity contribution in [3.63, 3.8) is 0 Å². The minimum atomic E-state index is -5.08. The minimum Gasteiger partial charge on any atom is -0.475 e. The normalized spacial score (nSPS) is 10.9. The molecular formula is C18H16F3N3O3S. The molecular weight excluding hydrogens is 395 g/mol. The van der Waals surface area contributed by atoms with Crippen LogP contribution in [0.5, 0.6) is 0 Å². The molecule has 0 unspecified atom stereocenters. The first-order valence-electron chi connectivity index (χ1n) is 7.83. The molecule has 2 aromatic carbocycles. The Morgan fingerprint density at radius 3 is 2.36 bits per heavy atom. The molecule has 0 spiro atoms. The van der Waals surface area contributed by atoms with E-state index in [0.29, 0.717) is 17.2 Å². The summed E-state index contributed by atoms with van der Waals surface area (Å²) in [5, 5.41) is 7.65. The quantitative estimate of drug-likeness (QED) is 0.684. The second kappa shape index (κ2) is 8.70. The molecule has 148 valence electrons. The van der Waals surface area contributed by atoms with Gasteiger partial charge in [0, 0.05) is 19.2 Å². The van der Waals surface area contributed by atoms with Crippen LogP contribution in [0.1, 0.15) is 15.9 Å². The third-order valence-electron chi connectivity index (χ3n) is 3.50. The number of halogens is 3. The largest absolute Gasteiger partial charge is 0.490 e. The van der Waals surface area contributed by atoms with Crippen LogP contribution in [-0.2, 0) is 11.3 Å². The van der Waals surface area contributed by atoms with E-state index in [9.17, 15) is 18.0 Å². The predicted molar refractivity (Wildman–Crippen MR) is 100.0 cm³/mol. The number of benzene rings is 2. The van der Waals surface area contributed by atoms with Crippen molar-refractivity contribution in [3.05, 3.63) is 59.7 Å². The maximum atomic E-state index is 12.5. The number of carboxylic acid groups (broad SMARTS) is 1. The lowest BCUT2D eigenvalue weighted by Crippen LogP contribution is -2.26. The lowest BCUT2D eigenvalue weighted by Gasteiger charge is -2.17. The lowest BCUT2D eigenvalue weighted by molar-refractivity contribution is -0.192. The summed E-state index contributed by atoms with van der Waals surface area (Å²) < 4.78 is 32.7. The zero-order valence-electron chi connectivity index (χ0n) is 14.6.